The van der Waals surface area contributed by atoms with Crippen LogP contribution in [0.1, 0.15) is 16.7 Å². The van der Waals surface area contributed by atoms with Gasteiger partial charge in [-0.2, -0.15) is 9.41 Å². The molecule has 1 amide bonds. The van der Waals surface area contributed by atoms with Crippen molar-refractivity contribution in [3.8, 4) is 17.2 Å². The number of benzene rings is 3. The Morgan fingerprint density at radius 1 is 1.00 bits per heavy atom. The predicted molar refractivity (Wildman–Crippen MR) is 142 cm³/mol. The van der Waals surface area contributed by atoms with Crippen LogP contribution in [0.25, 0.3) is 0 Å². The standard InChI is InChI=1S/C26H28ClN3O6S/c1-18-9-11-21(12-10-18)37(32,33)30(16-20-7-5-6-8-22(20)27)17-25(31)29-28-15-19-13-23(34-2)26(36-4)24(14-19)35-3/h5-15H,16-17H2,1-4H3,(H,29,31)/b28-15-. The van der Waals surface area contributed by atoms with Crippen LogP contribution in [0.15, 0.2) is 70.7 Å². The first kappa shape index (κ1) is 28.0. The van der Waals surface area contributed by atoms with Gasteiger partial charge in [-0.25, -0.2) is 13.8 Å². The maximum Gasteiger partial charge on any atom is 0.255 e. The Balaban J connectivity index is 1.82. The van der Waals surface area contributed by atoms with Crippen molar-refractivity contribution in [1.29, 1.82) is 0 Å². The second-order valence-corrected chi connectivity index (χ2v) is 10.3. The van der Waals surface area contributed by atoms with E-state index in [2.05, 4.69) is 10.5 Å². The van der Waals surface area contributed by atoms with Gasteiger partial charge in [-0.3, -0.25) is 4.79 Å². The van der Waals surface area contributed by atoms with Crippen LogP contribution in [-0.2, 0) is 21.4 Å². The molecule has 0 aromatic heterocycles. The van der Waals surface area contributed by atoms with Gasteiger partial charge in [-0.1, -0.05) is 47.5 Å². The molecule has 0 saturated carbocycles. The summed E-state index contributed by atoms with van der Waals surface area (Å²) >= 11 is 6.27. The van der Waals surface area contributed by atoms with Gasteiger partial charge in [0, 0.05) is 17.1 Å². The third-order valence-corrected chi connectivity index (χ3v) is 7.55. The van der Waals surface area contributed by atoms with E-state index in [1.165, 1.54) is 39.7 Å². The molecule has 0 spiro atoms. The first-order valence-electron chi connectivity index (χ1n) is 11.1. The van der Waals surface area contributed by atoms with Crippen molar-refractivity contribution in [1.82, 2.24) is 9.73 Å². The van der Waals surface area contributed by atoms with Crippen molar-refractivity contribution in [2.24, 2.45) is 5.10 Å². The van der Waals surface area contributed by atoms with E-state index in [1.807, 2.05) is 6.92 Å². The summed E-state index contributed by atoms with van der Waals surface area (Å²) in [6.07, 6.45) is 1.38. The van der Waals surface area contributed by atoms with E-state index in [0.717, 1.165) is 9.87 Å². The zero-order chi connectivity index (χ0) is 27.0. The number of halogens is 1. The van der Waals surface area contributed by atoms with Gasteiger partial charge in [0.05, 0.1) is 39.0 Å². The second-order valence-electron chi connectivity index (χ2n) is 7.93. The highest BCUT2D eigenvalue weighted by Gasteiger charge is 2.27. The molecule has 0 aliphatic carbocycles. The van der Waals surface area contributed by atoms with Crippen molar-refractivity contribution in [2.75, 3.05) is 27.9 Å². The number of nitrogens with one attached hydrogen (secondary N) is 1. The number of nitrogens with zero attached hydrogens (tertiary/aromatic N) is 2. The number of amides is 1. The van der Waals surface area contributed by atoms with Crippen LogP contribution in [0.5, 0.6) is 17.2 Å². The zero-order valence-electron chi connectivity index (χ0n) is 20.9. The van der Waals surface area contributed by atoms with Crippen LogP contribution in [0, 0.1) is 6.92 Å². The highest BCUT2D eigenvalue weighted by atomic mass is 35.5. The van der Waals surface area contributed by atoms with Crippen molar-refractivity contribution in [3.05, 3.63) is 82.4 Å². The summed E-state index contributed by atoms with van der Waals surface area (Å²) in [5, 5.41) is 4.36. The van der Waals surface area contributed by atoms with Gasteiger partial charge in [0.2, 0.25) is 15.8 Å². The van der Waals surface area contributed by atoms with Crippen LogP contribution in [0.2, 0.25) is 5.02 Å². The Hall–Kier alpha value is -3.60. The lowest BCUT2D eigenvalue weighted by molar-refractivity contribution is -0.121. The molecule has 11 heteroatoms. The van der Waals surface area contributed by atoms with Gasteiger partial charge in [-0.15, -0.1) is 0 Å². The number of carbonyl (C=O) groups excluding carboxylic acids is 1. The number of aryl methyl sites for hydroxylation is 1. The molecular weight excluding hydrogens is 518 g/mol. The average Bonchev–Trinajstić information content (AvgIpc) is 2.89. The minimum Gasteiger partial charge on any atom is -0.493 e. The van der Waals surface area contributed by atoms with Gasteiger partial charge in [-0.05, 0) is 42.8 Å². The van der Waals surface area contributed by atoms with Crippen LogP contribution in [-0.4, -0.2) is 52.7 Å². The van der Waals surface area contributed by atoms with Gasteiger partial charge < -0.3 is 14.2 Å². The third kappa shape index (κ3) is 7.00. The normalized spacial score (nSPS) is 11.5. The Morgan fingerprint density at radius 3 is 2.19 bits per heavy atom. The van der Waals surface area contributed by atoms with E-state index in [9.17, 15) is 13.2 Å². The summed E-state index contributed by atoms with van der Waals surface area (Å²) < 4.78 is 43.8. The Kier molecular flexibility index (Phi) is 9.51. The predicted octanol–water partition coefficient (Wildman–Crippen LogP) is 4.02. The fourth-order valence-electron chi connectivity index (χ4n) is 3.45. The van der Waals surface area contributed by atoms with Crippen LogP contribution < -0.4 is 19.6 Å². The quantitative estimate of drug-likeness (QED) is 0.288. The molecule has 3 aromatic rings. The monoisotopic (exact) mass is 545 g/mol. The van der Waals surface area contributed by atoms with Crippen LogP contribution in [0.4, 0.5) is 0 Å². The number of sulfonamides is 1. The lowest BCUT2D eigenvalue weighted by Crippen LogP contribution is -2.39. The molecule has 0 heterocycles. The van der Waals surface area contributed by atoms with E-state index >= 15 is 0 Å². The smallest absolute Gasteiger partial charge is 0.255 e. The lowest BCUT2D eigenvalue weighted by Gasteiger charge is -2.22. The van der Waals surface area contributed by atoms with Gasteiger partial charge >= 0.3 is 0 Å². The minimum atomic E-state index is -4.02. The Morgan fingerprint density at radius 2 is 1.62 bits per heavy atom. The molecule has 9 nitrogen and oxygen atoms in total. The maximum absolute atomic E-state index is 13.4. The number of carbonyl (C=O) groups is 1. The van der Waals surface area contributed by atoms with Gasteiger partial charge in [0.25, 0.3) is 5.91 Å². The highest BCUT2D eigenvalue weighted by molar-refractivity contribution is 7.89. The SMILES string of the molecule is COc1cc(/C=N\NC(=O)CN(Cc2ccccc2Cl)S(=O)(=O)c2ccc(C)cc2)cc(OC)c1OC. The molecule has 37 heavy (non-hydrogen) atoms. The van der Waals surface area contributed by atoms with Crippen LogP contribution >= 0.6 is 11.6 Å². The van der Waals surface area contributed by atoms with E-state index in [1.54, 1.807) is 48.5 Å². The van der Waals surface area contributed by atoms with Gasteiger partial charge in [0.15, 0.2) is 11.5 Å². The van der Waals surface area contributed by atoms with Crippen LogP contribution in [0.3, 0.4) is 0 Å². The van der Waals surface area contributed by atoms with E-state index in [0.29, 0.717) is 33.4 Å². The molecule has 0 unspecified atom stereocenters. The molecule has 0 atom stereocenters. The Labute approximate surface area is 221 Å². The molecule has 3 aromatic carbocycles. The van der Waals surface area contributed by atoms with Crippen molar-refractivity contribution in [3.63, 3.8) is 0 Å². The molecule has 0 radical (unpaired) electrons. The maximum atomic E-state index is 13.4. The lowest BCUT2D eigenvalue weighted by atomic mass is 10.2. The molecular formula is C26H28ClN3O6S. The van der Waals surface area contributed by atoms with Gasteiger partial charge in [0.1, 0.15) is 0 Å². The molecule has 1 N–H and O–H groups in total. The van der Waals surface area contributed by atoms with E-state index < -0.39 is 22.5 Å². The summed E-state index contributed by atoms with van der Waals surface area (Å²) in [4.78, 5) is 12.8. The number of hydrogen-bond donors (Lipinski definition) is 1. The number of hydrogen-bond acceptors (Lipinski definition) is 7. The number of methoxy groups -OCH3 is 3. The molecule has 196 valence electrons. The summed E-state index contributed by atoms with van der Waals surface area (Å²) in [5.41, 5.74) is 4.42. The minimum absolute atomic E-state index is 0.0684. The molecule has 0 aliphatic rings. The molecule has 0 fully saturated rings. The third-order valence-electron chi connectivity index (χ3n) is 5.37. The van der Waals surface area contributed by atoms with E-state index in [-0.39, 0.29) is 11.4 Å². The van der Waals surface area contributed by atoms with Crippen molar-refractivity contribution < 1.29 is 27.4 Å². The first-order valence-corrected chi connectivity index (χ1v) is 12.9. The molecule has 0 saturated heterocycles. The fraction of sp³-hybridized carbons (Fsp3) is 0.231. The topological polar surface area (TPSA) is 107 Å². The van der Waals surface area contributed by atoms with E-state index in [4.69, 9.17) is 25.8 Å². The summed E-state index contributed by atoms with van der Waals surface area (Å²) in [6.45, 7) is 1.28. The fourth-order valence-corrected chi connectivity index (χ4v) is 5.02. The number of rotatable bonds is 11. The summed E-state index contributed by atoms with van der Waals surface area (Å²) in [6, 6.07) is 16.6. The first-order chi connectivity index (χ1) is 17.7. The highest BCUT2D eigenvalue weighted by Crippen LogP contribution is 2.37. The number of ether oxygens (including phenoxy) is 3. The Bertz CT molecular complexity index is 1350. The average molecular weight is 546 g/mol. The summed E-state index contributed by atoms with van der Waals surface area (Å²) in [5.74, 6) is 0.628. The molecule has 3 rings (SSSR count). The zero-order valence-corrected chi connectivity index (χ0v) is 22.5. The van der Waals surface area contributed by atoms with Crippen molar-refractivity contribution in [2.45, 2.75) is 18.4 Å². The summed E-state index contributed by atoms with van der Waals surface area (Å²) in [7, 11) is 0.454. The van der Waals surface area contributed by atoms with Crippen molar-refractivity contribution >= 4 is 33.7 Å². The largest absolute Gasteiger partial charge is 0.493 e. The molecule has 0 aliphatic heterocycles. The molecule has 0 bridgehead atoms. The number of hydrazone groups is 1. The second kappa shape index (κ2) is 12.6.